The van der Waals surface area contributed by atoms with Crippen LogP contribution in [0, 0.1) is 0 Å². The van der Waals surface area contributed by atoms with Gasteiger partial charge in [-0.05, 0) is 17.6 Å². The molecule has 0 aliphatic carbocycles. The van der Waals surface area contributed by atoms with Crippen molar-refractivity contribution in [1.82, 2.24) is 0 Å². The van der Waals surface area contributed by atoms with Crippen molar-refractivity contribution in [2.75, 3.05) is 12.0 Å². The summed E-state index contributed by atoms with van der Waals surface area (Å²) in [5, 5.41) is 0. The third kappa shape index (κ3) is 8.08. The summed E-state index contributed by atoms with van der Waals surface area (Å²) < 4.78 is 10.6. The number of hydrogen-bond donors (Lipinski definition) is 0. The van der Waals surface area contributed by atoms with Crippen molar-refractivity contribution in [3.63, 3.8) is 0 Å². The van der Waals surface area contributed by atoms with E-state index in [9.17, 15) is 9.35 Å². The van der Waals surface area contributed by atoms with Crippen molar-refractivity contribution in [1.29, 1.82) is 0 Å². The van der Waals surface area contributed by atoms with Crippen molar-refractivity contribution in [2.45, 2.75) is 39.0 Å². The summed E-state index contributed by atoms with van der Waals surface area (Å²) in [6.07, 6.45) is 6.66. The number of rotatable bonds is 7. The average molecular weight is 190 g/mol. The molecule has 0 aromatic rings. The Morgan fingerprint density at radius 3 is 2.50 bits per heavy atom. The lowest BCUT2D eigenvalue weighted by atomic mass is 10.1. The molecule has 0 rings (SSSR count). The molecule has 2 nitrogen and oxygen atoms in total. The number of unbranched alkanes of at least 4 members (excludes halogenated alkanes) is 3. The molecule has 0 aromatic carbocycles. The number of carbonyl (C=O) groups is 1. The van der Waals surface area contributed by atoms with Gasteiger partial charge in [0.15, 0.2) is 11.5 Å². The lowest BCUT2D eigenvalue weighted by molar-refractivity contribution is -0.116. The molecule has 0 heterocycles. The SMILES string of the molecule is CCCCCCC(=O)C[S+](C)[O-]. The maximum atomic E-state index is 11.0. The second-order valence-corrected chi connectivity index (χ2v) is 4.50. The van der Waals surface area contributed by atoms with Gasteiger partial charge in [0.1, 0.15) is 0 Å². The number of Topliss-reactive ketones (excluding diaryl/α,β-unsaturated/α-hetero) is 1. The summed E-state index contributed by atoms with van der Waals surface area (Å²) in [7, 11) is 0. The van der Waals surface area contributed by atoms with E-state index < -0.39 is 11.2 Å². The van der Waals surface area contributed by atoms with Gasteiger partial charge in [0.05, 0.1) is 6.26 Å². The van der Waals surface area contributed by atoms with Crippen LogP contribution in [0.4, 0.5) is 0 Å². The third-order valence-corrected chi connectivity index (χ3v) is 2.40. The summed E-state index contributed by atoms with van der Waals surface area (Å²) in [6.45, 7) is 2.14. The van der Waals surface area contributed by atoms with Crippen LogP contribution in [0.3, 0.4) is 0 Å². The zero-order chi connectivity index (χ0) is 9.40. The second-order valence-electron chi connectivity index (χ2n) is 3.07. The maximum absolute atomic E-state index is 11.0. The van der Waals surface area contributed by atoms with Gasteiger partial charge in [-0.25, -0.2) is 0 Å². The van der Waals surface area contributed by atoms with Crippen LogP contribution in [-0.4, -0.2) is 22.3 Å². The highest BCUT2D eigenvalue weighted by molar-refractivity contribution is 7.91. The van der Waals surface area contributed by atoms with Gasteiger partial charge in [-0.2, -0.15) is 0 Å². The highest BCUT2D eigenvalue weighted by Crippen LogP contribution is 2.03. The van der Waals surface area contributed by atoms with Crippen LogP contribution in [0.5, 0.6) is 0 Å². The molecule has 1 atom stereocenters. The Bertz CT molecular complexity index is 124. The fourth-order valence-electron chi connectivity index (χ4n) is 1.05. The van der Waals surface area contributed by atoms with Gasteiger partial charge in [-0.15, -0.1) is 0 Å². The molecule has 3 heteroatoms. The Kier molecular flexibility index (Phi) is 7.61. The summed E-state index contributed by atoms with van der Waals surface area (Å²) >= 11 is -0.952. The summed E-state index contributed by atoms with van der Waals surface area (Å²) in [4.78, 5) is 11.0. The standard InChI is InChI=1S/C9H18O2S/c1-3-4-5-6-7-9(10)8-12(2)11/h3-8H2,1-2H3. The van der Waals surface area contributed by atoms with E-state index in [1.54, 1.807) is 6.26 Å². The van der Waals surface area contributed by atoms with E-state index in [1.807, 2.05) is 0 Å². The van der Waals surface area contributed by atoms with Gasteiger partial charge >= 0.3 is 0 Å². The Balaban J connectivity index is 3.20. The molecular formula is C9H18O2S. The summed E-state index contributed by atoms with van der Waals surface area (Å²) in [5.74, 6) is 0.387. The zero-order valence-electron chi connectivity index (χ0n) is 7.97. The van der Waals surface area contributed by atoms with Crippen LogP contribution in [0.1, 0.15) is 39.0 Å². The van der Waals surface area contributed by atoms with Crippen LogP contribution in [0.15, 0.2) is 0 Å². The Morgan fingerprint density at radius 1 is 1.33 bits per heavy atom. The second kappa shape index (κ2) is 7.62. The smallest absolute Gasteiger partial charge is 0.181 e. The van der Waals surface area contributed by atoms with Gasteiger partial charge in [-0.3, -0.25) is 4.79 Å². The van der Waals surface area contributed by atoms with Crippen LogP contribution < -0.4 is 0 Å². The van der Waals surface area contributed by atoms with Crippen molar-refractivity contribution in [3.05, 3.63) is 0 Å². The quantitative estimate of drug-likeness (QED) is 0.454. The van der Waals surface area contributed by atoms with E-state index in [0.29, 0.717) is 6.42 Å². The number of hydrogen-bond acceptors (Lipinski definition) is 2. The fraction of sp³-hybridized carbons (Fsp3) is 0.889. The molecule has 12 heavy (non-hydrogen) atoms. The van der Waals surface area contributed by atoms with Crippen LogP contribution >= 0.6 is 0 Å². The van der Waals surface area contributed by atoms with E-state index in [-0.39, 0.29) is 11.5 Å². The first kappa shape index (κ1) is 12.0. The molecule has 0 radical (unpaired) electrons. The Labute approximate surface area is 77.9 Å². The van der Waals surface area contributed by atoms with Gasteiger partial charge in [0.25, 0.3) is 0 Å². The molecule has 0 saturated carbocycles. The minimum Gasteiger partial charge on any atom is -0.616 e. The Hall–Kier alpha value is -0.0200. The van der Waals surface area contributed by atoms with Crippen molar-refractivity contribution < 1.29 is 9.35 Å². The molecule has 0 aliphatic heterocycles. The van der Waals surface area contributed by atoms with Crippen molar-refractivity contribution in [2.24, 2.45) is 0 Å². The van der Waals surface area contributed by atoms with E-state index in [4.69, 9.17) is 0 Å². The predicted octanol–water partition coefficient (Wildman–Crippen LogP) is 1.90. The molecule has 1 unspecified atom stereocenters. The lowest BCUT2D eigenvalue weighted by Gasteiger charge is -2.03. The minimum absolute atomic E-state index is 0.145. The van der Waals surface area contributed by atoms with Gasteiger partial charge in [-0.1, -0.05) is 26.2 Å². The first-order valence-electron chi connectivity index (χ1n) is 4.48. The Morgan fingerprint density at radius 2 is 2.00 bits per heavy atom. The first-order chi connectivity index (χ1) is 5.66. The summed E-state index contributed by atoms with van der Waals surface area (Å²) in [5.41, 5.74) is 0. The predicted molar refractivity (Wildman–Crippen MR) is 52.7 cm³/mol. The molecule has 0 aliphatic rings. The molecule has 0 fully saturated rings. The van der Waals surface area contributed by atoms with Crippen LogP contribution in [0.25, 0.3) is 0 Å². The van der Waals surface area contributed by atoms with Crippen LogP contribution in [-0.2, 0) is 16.0 Å². The van der Waals surface area contributed by atoms with Gasteiger partial charge < -0.3 is 4.55 Å². The highest BCUT2D eigenvalue weighted by atomic mass is 32.2. The zero-order valence-corrected chi connectivity index (χ0v) is 8.78. The molecule has 0 aromatic heterocycles. The molecular weight excluding hydrogens is 172 g/mol. The van der Waals surface area contributed by atoms with Crippen molar-refractivity contribution >= 4 is 17.0 Å². The molecule has 0 saturated heterocycles. The molecule has 0 N–H and O–H groups in total. The fourth-order valence-corrected chi connectivity index (χ4v) is 1.65. The highest BCUT2D eigenvalue weighted by Gasteiger charge is 2.07. The van der Waals surface area contributed by atoms with Gasteiger partial charge in [0, 0.05) is 6.42 Å². The van der Waals surface area contributed by atoms with E-state index in [1.165, 1.54) is 12.8 Å². The number of ketones is 1. The molecule has 0 spiro atoms. The largest absolute Gasteiger partial charge is 0.616 e. The van der Waals surface area contributed by atoms with E-state index in [0.717, 1.165) is 12.8 Å². The maximum Gasteiger partial charge on any atom is 0.181 e. The number of carbonyl (C=O) groups excluding carboxylic acids is 1. The summed E-state index contributed by atoms with van der Waals surface area (Å²) in [6, 6.07) is 0. The third-order valence-electron chi connectivity index (χ3n) is 1.67. The van der Waals surface area contributed by atoms with Crippen LogP contribution in [0.2, 0.25) is 0 Å². The minimum atomic E-state index is -0.952. The first-order valence-corrected chi connectivity index (χ1v) is 6.21. The average Bonchev–Trinajstić information content (AvgIpc) is 1.97. The van der Waals surface area contributed by atoms with E-state index >= 15 is 0 Å². The molecule has 72 valence electrons. The van der Waals surface area contributed by atoms with Gasteiger partial charge in [0.2, 0.25) is 0 Å². The molecule has 0 bridgehead atoms. The monoisotopic (exact) mass is 190 g/mol. The topological polar surface area (TPSA) is 40.1 Å². The lowest BCUT2D eigenvalue weighted by Crippen LogP contribution is -2.13. The normalized spacial score (nSPS) is 12.9. The van der Waals surface area contributed by atoms with Crippen molar-refractivity contribution in [3.8, 4) is 0 Å². The molecule has 0 amide bonds. The van der Waals surface area contributed by atoms with E-state index in [2.05, 4.69) is 6.92 Å².